The number of amides is 1. The van der Waals surface area contributed by atoms with Crippen LogP contribution >= 0.6 is 0 Å². The van der Waals surface area contributed by atoms with Crippen molar-refractivity contribution >= 4 is 22.8 Å². The summed E-state index contributed by atoms with van der Waals surface area (Å²) in [6.07, 6.45) is 2.18. The third kappa shape index (κ3) is 3.69. The summed E-state index contributed by atoms with van der Waals surface area (Å²) in [6.45, 7) is 4.60. The van der Waals surface area contributed by atoms with Gasteiger partial charge in [-0.2, -0.15) is 5.10 Å². The normalized spacial score (nSPS) is 16.3. The number of anilines is 1. The summed E-state index contributed by atoms with van der Waals surface area (Å²) in [6, 6.07) is 15.7. The van der Waals surface area contributed by atoms with Crippen LogP contribution in [0.5, 0.6) is 0 Å². The molecule has 1 aliphatic carbocycles. The minimum atomic E-state index is -0.283. The Bertz CT molecular complexity index is 1360. The van der Waals surface area contributed by atoms with Crippen LogP contribution in [0.3, 0.4) is 0 Å². The summed E-state index contributed by atoms with van der Waals surface area (Å²) >= 11 is 0. The van der Waals surface area contributed by atoms with Gasteiger partial charge in [-0.05, 0) is 56.2 Å². The molecule has 0 spiro atoms. The topological polar surface area (TPSA) is 67.2 Å². The Balaban J connectivity index is 1.35. The van der Waals surface area contributed by atoms with Crippen molar-refractivity contribution in [2.45, 2.75) is 25.7 Å². The first-order valence-electron chi connectivity index (χ1n) is 11.7. The van der Waals surface area contributed by atoms with Crippen molar-refractivity contribution in [3.8, 4) is 5.69 Å². The molecular formula is C26H25FN6O. The highest BCUT2D eigenvalue weighted by molar-refractivity contribution is 5.95. The van der Waals surface area contributed by atoms with E-state index < -0.39 is 0 Å². The minimum Gasteiger partial charge on any atom is -0.352 e. The Morgan fingerprint density at radius 3 is 2.32 bits per heavy atom. The number of halogens is 1. The molecule has 1 saturated heterocycles. The first kappa shape index (κ1) is 20.8. The zero-order valence-corrected chi connectivity index (χ0v) is 19.0. The lowest BCUT2D eigenvalue weighted by Crippen LogP contribution is -2.49. The number of aryl methyl sites for hydroxylation is 1. The highest BCUT2D eigenvalue weighted by atomic mass is 19.1. The smallest absolute Gasteiger partial charge is 0.253 e. The van der Waals surface area contributed by atoms with Crippen molar-refractivity contribution in [2.24, 2.45) is 0 Å². The van der Waals surface area contributed by atoms with Crippen molar-refractivity contribution in [1.82, 2.24) is 24.6 Å². The lowest BCUT2D eigenvalue weighted by molar-refractivity contribution is 0.0746. The number of fused-ring (bicyclic) bond motifs is 1. The molecule has 2 aliphatic rings. The van der Waals surface area contributed by atoms with Gasteiger partial charge in [0.1, 0.15) is 17.5 Å². The van der Waals surface area contributed by atoms with Crippen molar-refractivity contribution < 1.29 is 9.18 Å². The van der Waals surface area contributed by atoms with Crippen molar-refractivity contribution in [2.75, 3.05) is 31.1 Å². The molecule has 0 unspecified atom stereocenters. The van der Waals surface area contributed by atoms with Crippen LogP contribution in [0.1, 0.15) is 40.6 Å². The van der Waals surface area contributed by atoms with E-state index in [9.17, 15) is 9.18 Å². The van der Waals surface area contributed by atoms with Gasteiger partial charge in [0.2, 0.25) is 0 Å². The van der Waals surface area contributed by atoms with E-state index >= 15 is 0 Å². The summed E-state index contributed by atoms with van der Waals surface area (Å²) in [5.74, 6) is 1.87. The molecular weight excluding hydrogens is 431 g/mol. The zero-order chi connectivity index (χ0) is 23.2. The van der Waals surface area contributed by atoms with Gasteiger partial charge in [-0.3, -0.25) is 4.79 Å². The lowest BCUT2D eigenvalue weighted by Gasteiger charge is -2.35. The third-order valence-corrected chi connectivity index (χ3v) is 6.60. The number of piperazine rings is 1. The Hall–Kier alpha value is -3.81. The summed E-state index contributed by atoms with van der Waals surface area (Å²) in [7, 11) is 0. The largest absolute Gasteiger partial charge is 0.352 e. The molecule has 8 heteroatoms. The summed E-state index contributed by atoms with van der Waals surface area (Å²) in [5, 5.41) is 5.66. The van der Waals surface area contributed by atoms with Crippen molar-refractivity contribution in [3.05, 3.63) is 77.5 Å². The van der Waals surface area contributed by atoms with Crippen LogP contribution in [0, 0.1) is 12.7 Å². The number of carbonyl (C=O) groups is 1. The van der Waals surface area contributed by atoms with E-state index in [4.69, 9.17) is 15.1 Å². The van der Waals surface area contributed by atoms with Crippen LogP contribution in [-0.4, -0.2) is 56.7 Å². The van der Waals surface area contributed by atoms with Gasteiger partial charge in [-0.1, -0.05) is 18.2 Å². The number of benzene rings is 2. The zero-order valence-electron chi connectivity index (χ0n) is 19.0. The molecule has 4 aromatic rings. The average Bonchev–Trinajstić information content (AvgIpc) is 3.68. The quantitative estimate of drug-likeness (QED) is 0.463. The highest BCUT2D eigenvalue weighted by Gasteiger charge is 2.31. The molecule has 2 aromatic heterocycles. The van der Waals surface area contributed by atoms with E-state index in [1.54, 1.807) is 16.8 Å². The molecule has 1 saturated carbocycles. The first-order valence-corrected chi connectivity index (χ1v) is 11.7. The number of hydrogen-bond donors (Lipinski definition) is 0. The number of carbonyl (C=O) groups excluding carboxylic acids is 1. The van der Waals surface area contributed by atoms with E-state index in [1.165, 1.54) is 12.1 Å². The Labute approximate surface area is 196 Å². The third-order valence-electron chi connectivity index (χ3n) is 6.60. The van der Waals surface area contributed by atoms with Gasteiger partial charge >= 0.3 is 0 Å². The fourth-order valence-electron chi connectivity index (χ4n) is 4.58. The van der Waals surface area contributed by atoms with Crippen LogP contribution < -0.4 is 4.90 Å². The molecule has 2 aromatic carbocycles. The fraction of sp³-hybridized carbons (Fsp3) is 0.308. The average molecular weight is 457 g/mol. The van der Waals surface area contributed by atoms with Crippen LogP contribution in [0.4, 0.5) is 10.2 Å². The molecule has 34 heavy (non-hydrogen) atoms. The molecule has 7 nitrogen and oxygen atoms in total. The van der Waals surface area contributed by atoms with E-state index in [0.29, 0.717) is 37.7 Å². The lowest BCUT2D eigenvalue weighted by atomic mass is 10.1. The molecule has 2 fully saturated rings. The van der Waals surface area contributed by atoms with Gasteiger partial charge in [-0.15, -0.1) is 0 Å². The molecule has 3 heterocycles. The van der Waals surface area contributed by atoms with Crippen molar-refractivity contribution in [1.29, 1.82) is 0 Å². The number of aromatic nitrogens is 4. The van der Waals surface area contributed by atoms with Gasteiger partial charge in [0.15, 0.2) is 5.65 Å². The van der Waals surface area contributed by atoms with E-state index in [-0.39, 0.29) is 11.7 Å². The van der Waals surface area contributed by atoms with Crippen LogP contribution in [0.15, 0.2) is 54.6 Å². The minimum absolute atomic E-state index is 0.0621. The second-order valence-electron chi connectivity index (χ2n) is 9.00. The first-order chi connectivity index (χ1) is 16.6. The van der Waals surface area contributed by atoms with Gasteiger partial charge < -0.3 is 9.80 Å². The van der Waals surface area contributed by atoms with Crippen LogP contribution in [0.25, 0.3) is 16.7 Å². The SMILES string of the molecule is Cc1nn(-c2ccc(F)cc2)c2nc(C3CC3)nc(N3CCN(C(=O)c4ccccc4)CC3)c12. The Kier molecular flexibility index (Phi) is 5.01. The number of hydrogen-bond acceptors (Lipinski definition) is 5. The Morgan fingerprint density at radius 2 is 1.65 bits per heavy atom. The molecule has 0 bridgehead atoms. The molecule has 1 aliphatic heterocycles. The summed E-state index contributed by atoms with van der Waals surface area (Å²) in [5.41, 5.74) is 3.07. The molecule has 1 amide bonds. The molecule has 0 radical (unpaired) electrons. The maximum atomic E-state index is 13.5. The predicted molar refractivity (Wildman–Crippen MR) is 128 cm³/mol. The maximum Gasteiger partial charge on any atom is 0.253 e. The number of rotatable bonds is 4. The van der Waals surface area contributed by atoms with Gasteiger partial charge in [0.25, 0.3) is 5.91 Å². The fourth-order valence-corrected chi connectivity index (χ4v) is 4.58. The maximum absolute atomic E-state index is 13.5. The predicted octanol–water partition coefficient (Wildman–Crippen LogP) is 4.10. The highest BCUT2D eigenvalue weighted by Crippen LogP contribution is 2.40. The van der Waals surface area contributed by atoms with Crippen molar-refractivity contribution in [3.63, 3.8) is 0 Å². The summed E-state index contributed by atoms with van der Waals surface area (Å²) < 4.78 is 15.3. The second kappa shape index (κ2) is 8.20. The summed E-state index contributed by atoms with van der Waals surface area (Å²) in [4.78, 5) is 26.9. The van der Waals surface area contributed by atoms with E-state index in [0.717, 1.165) is 46.9 Å². The van der Waals surface area contributed by atoms with E-state index in [1.807, 2.05) is 42.2 Å². The van der Waals surface area contributed by atoms with Gasteiger partial charge in [0.05, 0.1) is 16.8 Å². The molecule has 0 atom stereocenters. The standard InChI is InChI=1S/C26H25FN6O/c1-17-22-24(31-13-15-32(16-14-31)26(34)19-5-3-2-4-6-19)28-23(18-7-8-18)29-25(22)33(30-17)21-11-9-20(27)10-12-21/h2-6,9-12,18H,7-8,13-16H2,1H3. The van der Waals surface area contributed by atoms with Gasteiger partial charge in [-0.25, -0.2) is 19.0 Å². The van der Waals surface area contributed by atoms with Crippen LogP contribution in [0.2, 0.25) is 0 Å². The van der Waals surface area contributed by atoms with Crippen LogP contribution in [-0.2, 0) is 0 Å². The monoisotopic (exact) mass is 456 g/mol. The number of nitrogens with zero attached hydrogens (tertiary/aromatic N) is 6. The van der Waals surface area contributed by atoms with E-state index in [2.05, 4.69) is 4.90 Å². The Morgan fingerprint density at radius 1 is 0.941 bits per heavy atom. The van der Waals surface area contributed by atoms with Gasteiger partial charge in [0, 0.05) is 37.7 Å². The molecule has 0 N–H and O–H groups in total. The molecule has 172 valence electrons. The molecule has 6 rings (SSSR count). The second-order valence-corrected chi connectivity index (χ2v) is 9.00.